The topological polar surface area (TPSA) is 98.1 Å². The predicted octanol–water partition coefficient (Wildman–Crippen LogP) is 0.248. The average molecular weight is 345 g/mol. The lowest BCUT2D eigenvalue weighted by Crippen LogP contribution is -2.36. The molecule has 0 bridgehead atoms. The third-order valence-corrected chi connectivity index (χ3v) is 4.02. The van der Waals surface area contributed by atoms with E-state index in [1.54, 1.807) is 23.1 Å². The number of amides is 1. The largest absolute Gasteiger partial charge is 0.487 e. The number of hydrogen-bond acceptors (Lipinski definition) is 7. The second kappa shape index (κ2) is 8.52. The number of nitrogens with one attached hydrogen (secondary N) is 1. The van der Waals surface area contributed by atoms with Crippen LogP contribution in [0.2, 0.25) is 0 Å². The molecule has 2 aromatic heterocycles. The molecule has 25 heavy (non-hydrogen) atoms. The summed E-state index contributed by atoms with van der Waals surface area (Å²) in [5, 5.41) is 14.5. The Labute approximate surface area is 146 Å². The number of carbonyl (C=O) groups excluding carboxylic acids is 1. The zero-order chi connectivity index (χ0) is 17.5. The Morgan fingerprint density at radius 3 is 3.00 bits per heavy atom. The van der Waals surface area contributed by atoms with Crippen LogP contribution < -0.4 is 10.1 Å². The summed E-state index contributed by atoms with van der Waals surface area (Å²) >= 11 is 0. The van der Waals surface area contributed by atoms with E-state index in [1.165, 1.54) is 12.8 Å². The van der Waals surface area contributed by atoms with Crippen molar-refractivity contribution in [2.45, 2.75) is 39.0 Å². The number of likely N-dealkylation sites (tertiary alicyclic amines) is 1. The second-order valence-corrected chi connectivity index (χ2v) is 6.16. The van der Waals surface area contributed by atoms with Crippen LogP contribution in [0.25, 0.3) is 0 Å². The molecule has 9 nitrogen and oxygen atoms in total. The number of pyridine rings is 1. The molecule has 2 aromatic rings. The van der Waals surface area contributed by atoms with Crippen molar-refractivity contribution in [3.63, 3.8) is 0 Å². The summed E-state index contributed by atoms with van der Waals surface area (Å²) in [5.41, 5.74) is 0. The number of nitrogens with zero attached hydrogens (tertiary/aromatic N) is 6. The van der Waals surface area contributed by atoms with Crippen molar-refractivity contribution < 1.29 is 9.53 Å². The SMILES string of the molecule is CC(CNC(=O)Cn1nnnc1CN1CCCC1)Oc1cccnc1. The maximum absolute atomic E-state index is 12.1. The summed E-state index contributed by atoms with van der Waals surface area (Å²) in [6, 6.07) is 3.64. The van der Waals surface area contributed by atoms with Gasteiger partial charge in [0.25, 0.3) is 0 Å². The van der Waals surface area contributed by atoms with E-state index in [9.17, 15) is 4.79 Å². The lowest BCUT2D eigenvalue weighted by atomic mass is 10.3. The highest BCUT2D eigenvalue weighted by atomic mass is 16.5. The first-order valence-electron chi connectivity index (χ1n) is 8.51. The Bertz CT molecular complexity index is 670. The maximum atomic E-state index is 12.1. The minimum absolute atomic E-state index is 0.107. The second-order valence-electron chi connectivity index (χ2n) is 6.16. The maximum Gasteiger partial charge on any atom is 0.242 e. The molecule has 3 rings (SSSR count). The lowest BCUT2D eigenvalue weighted by Gasteiger charge is -2.16. The van der Waals surface area contributed by atoms with Crippen molar-refractivity contribution >= 4 is 5.91 Å². The Hall–Kier alpha value is -2.55. The van der Waals surface area contributed by atoms with E-state index in [0.717, 1.165) is 18.9 Å². The van der Waals surface area contributed by atoms with Crippen molar-refractivity contribution in [1.29, 1.82) is 0 Å². The van der Waals surface area contributed by atoms with Crippen LogP contribution in [0, 0.1) is 0 Å². The van der Waals surface area contributed by atoms with Crippen molar-refractivity contribution in [3.05, 3.63) is 30.4 Å². The summed E-state index contributed by atoms with van der Waals surface area (Å²) in [6.07, 6.45) is 5.58. The molecule has 0 saturated carbocycles. The van der Waals surface area contributed by atoms with Gasteiger partial charge >= 0.3 is 0 Å². The van der Waals surface area contributed by atoms with E-state index in [1.807, 2.05) is 13.0 Å². The van der Waals surface area contributed by atoms with E-state index in [0.29, 0.717) is 18.8 Å². The first-order valence-corrected chi connectivity index (χ1v) is 8.51. The molecule has 1 amide bonds. The molecular formula is C16H23N7O2. The minimum Gasteiger partial charge on any atom is -0.487 e. The molecule has 1 aliphatic heterocycles. The fourth-order valence-corrected chi connectivity index (χ4v) is 2.74. The first-order chi connectivity index (χ1) is 12.2. The summed E-state index contributed by atoms with van der Waals surface area (Å²) in [7, 11) is 0. The smallest absolute Gasteiger partial charge is 0.242 e. The van der Waals surface area contributed by atoms with E-state index >= 15 is 0 Å². The molecule has 0 radical (unpaired) electrons. The normalized spacial score (nSPS) is 15.9. The standard InChI is InChI=1S/C16H23N7O2/c1-13(25-14-5-4-6-17-10-14)9-18-16(24)12-23-15(19-20-21-23)11-22-7-2-3-8-22/h4-6,10,13H,2-3,7-9,11-12H2,1H3,(H,18,24). The fourth-order valence-electron chi connectivity index (χ4n) is 2.74. The van der Waals surface area contributed by atoms with Gasteiger partial charge in [-0.15, -0.1) is 5.10 Å². The molecular weight excluding hydrogens is 322 g/mol. The summed E-state index contributed by atoms with van der Waals surface area (Å²) in [5.74, 6) is 1.26. The Morgan fingerprint density at radius 1 is 1.40 bits per heavy atom. The molecule has 1 atom stereocenters. The predicted molar refractivity (Wildman–Crippen MR) is 89.7 cm³/mol. The lowest BCUT2D eigenvalue weighted by molar-refractivity contribution is -0.122. The van der Waals surface area contributed by atoms with Crippen molar-refractivity contribution in [3.8, 4) is 5.75 Å². The number of aromatic nitrogens is 5. The highest BCUT2D eigenvalue weighted by molar-refractivity contribution is 5.75. The van der Waals surface area contributed by atoms with Gasteiger partial charge in [-0.25, -0.2) is 4.68 Å². The molecule has 9 heteroatoms. The van der Waals surface area contributed by atoms with Crippen molar-refractivity contribution in [2.24, 2.45) is 0 Å². The molecule has 1 unspecified atom stereocenters. The Morgan fingerprint density at radius 2 is 2.24 bits per heavy atom. The quantitative estimate of drug-likeness (QED) is 0.732. The van der Waals surface area contributed by atoms with E-state index < -0.39 is 0 Å². The monoisotopic (exact) mass is 345 g/mol. The van der Waals surface area contributed by atoms with E-state index in [4.69, 9.17) is 4.74 Å². The summed E-state index contributed by atoms with van der Waals surface area (Å²) in [4.78, 5) is 18.4. The average Bonchev–Trinajstić information content (AvgIpc) is 3.27. The number of carbonyl (C=O) groups is 1. The molecule has 3 heterocycles. The van der Waals surface area contributed by atoms with Gasteiger partial charge in [0.05, 0.1) is 19.3 Å². The van der Waals surface area contributed by atoms with Crippen LogP contribution in [0.4, 0.5) is 0 Å². The third kappa shape index (κ3) is 5.21. The van der Waals surface area contributed by atoms with Crippen LogP contribution >= 0.6 is 0 Å². The van der Waals surface area contributed by atoms with Gasteiger partial charge in [-0.1, -0.05) is 0 Å². The first kappa shape index (κ1) is 17.3. The molecule has 1 aliphatic rings. The van der Waals surface area contributed by atoms with Gasteiger partial charge in [0.15, 0.2) is 5.82 Å². The molecule has 1 N–H and O–H groups in total. The molecule has 1 saturated heterocycles. The van der Waals surface area contributed by atoms with Gasteiger partial charge in [-0.2, -0.15) is 0 Å². The molecule has 134 valence electrons. The zero-order valence-electron chi connectivity index (χ0n) is 14.3. The van der Waals surface area contributed by atoms with Crippen molar-refractivity contribution in [2.75, 3.05) is 19.6 Å². The Kier molecular flexibility index (Phi) is 5.89. The van der Waals surface area contributed by atoms with Gasteiger partial charge < -0.3 is 10.1 Å². The van der Waals surface area contributed by atoms with Crippen LogP contribution in [-0.2, 0) is 17.9 Å². The zero-order valence-corrected chi connectivity index (χ0v) is 14.3. The minimum atomic E-state index is -0.161. The summed E-state index contributed by atoms with van der Waals surface area (Å²) < 4.78 is 7.24. The number of ether oxygens (including phenoxy) is 1. The molecule has 0 spiro atoms. The summed E-state index contributed by atoms with van der Waals surface area (Å²) in [6.45, 7) is 5.20. The van der Waals surface area contributed by atoms with E-state index in [-0.39, 0.29) is 18.6 Å². The fraction of sp³-hybridized carbons (Fsp3) is 0.562. The van der Waals surface area contributed by atoms with Crippen LogP contribution in [-0.4, -0.2) is 61.7 Å². The molecule has 1 fully saturated rings. The number of hydrogen-bond donors (Lipinski definition) is 1. The molecule has 0 aromatic carbocycles. The number of tetrazole rings is 1. The molecule has 0 aliphatic carbocycles. The van der Waals surface area contributed by atoms with E-state index in [2.05, 4.69) is 30.7 Å². The number of rotatable bonds is 8. The van der Waals surface area contributed by atoms with Crippen LogP contribution in [0.1, 0.15) is 25.6 Å². The van der Waals surface area contributed by atoms with Gasteiger partial charge in [0.2, 0.25) is 5.91 Å². The third-order valence-electron chi connectivity index (χ3n) is 4.02. The highest BCUT2D eigenvalue weighted by Crippen LogP contribution is 2.10. The van der Waals surface area contributed by atoms with Crippen LogP contribution in [0.15, 0.2) is 24.5 Å². The van der Waals surface area contributed by atoms with Gasteiger partial charge in [-0.3, -0.25) is 14.7 Å². The Balaban J connectivity index is 1.44. The van der Waals surface area contributed by atoms with Gasteiger partial charge in [0.1, 0.15) is 18.4 Å². The van der Waals surface area contributed by atoms with Crippen molar-refractivity contribution in [1.82, 2.24) is 35.4 Å². The van der Waals surface area contributed by atoms with Gasteiger partial charge in [0, 0.05) is 6.20 Å². The van der Waals surface area contributed by atoms with Crippen LogP contribution in [0.3, 0.4) is 0 Å². The van der Waals surface area contributed by atoms with Crippen LogP contribution in [0.5, 0.6) is 5.75 Å². The highest BCUT2D eigenvalue weighted by Gasteiger charge is 2.17. The van der Waals surface area contributed by atoms with Gasteiger partial charge in [-0.05, 0) is 55.4 Å².